The van der Waals surface area contributed by atoms with Crippen LogP contribution in [0.1, 0.15) is 12.5 Å². The van der Waals surface area contributed by atoms with E-state index in [9.17, 15) is 8.42 Å². The van der Waals surface area contributed by atoms with Gasteiger partial charge in [-0.3, -0.25) is 9.89 Å². The van der Waals surface area contributed by atoms with Gasteiger partial charge in [0.15, 0.2) is 15.8 Å². The normalized spacial score (nSPS) is 16.4. The first-order valence-corrected chi connectivity index (χ1v) is 10.3. The van der Waals surface area contributed by atoms with Crippen molar-refractivity contribution >= 4 is 39.8 Å². The van der Waals surface area contributed by atoms with Crippen molar-refractivity contribution in [2.45, 2.75) is 13.5 Å². The molecular formula is C17H29IN4O2S. The van der Waals surface area contributed by atoms with Gasteiger partial charge in [-0.25, -0.2) is 8.42 Å². The Balaban J connectivity index is 0.00000312. The molecule has 0 unspecified atom stereocenters. The highest BCUT2D eigenvalue weighted by atomic mass is 127. The molecule has 142 valence electrons. The highest BCUT2D eigenvalue weighted by Gasteiger charge is 2.19. The van der Waals surface area contributed by atoms with Crippen LogP contribution in [0.3, 0.4) is 0 Å². The molecule has 1 aromatic carbocycles. The van der Waals surface area contributed by atoms with E-state index in [1.165, 1.54) is 5.56 Å². The predicted molar refractivity (Wildman–Crippen MR) is 114 cm³/mol. The Kier molecular flexibility index (Phi) is 9.73. The molecule has 0 aromatic heterocycles. The maximum absolute atomic E-state index is 11.6. The van der Waals surface area contributed by atoms with E-state index >= 15 is 0 Å². The molecule has 1 heterocycles. The number of benzene rings is 1. The van der Waals surface area contributed by atoms with E-state index in [4.69, 9.17) is 0 Å². The molecule has 1 saturated heterocycles. The smallest absolute Gasteiger partial charge is 0.193 e. The Morgan fingerprint density at radius 1 is 1.16 bits per heavy atom. The summed E-state index contributed by atoms with van der Waals surface area (Å²) in [5, 5.41) is 3.17. The Hall–Kier alpha value is -0.870. The summed E-state index contributed by atoms with van der Waals surface area (Å²) < 4.78 is 23.1. The minimum atomic E-state index is -2.94. The zero-order valence-electron chi connectivity index (χ0n) is 15.0. The molecule has 1 aromatic rings. The minimum absolute atomic E-state index is 0. The Bertz CT molecular complexity index is 629. The number of hydrogen-bond acceptors (Lipinski definition) is 4. The van der Waals surface area contributed by atoms with Crippen LogP contribution in [0.4, 0.5) is 0 Å². The Morgan fingerprint density at radius 3 is 2.36 bits per heavy atom. The second-order valence-corrected chi connectivity index (χ2v) is 8.43. The van der Waals surface area contributed by atoms with Gasteiger partial charge in [-0.2, -0.15) is 0 Å². The van der Waals surface area contributed by atoms with Crippen LogP contribution in [0.5, 0.6) is 0 Å². The lowest BCUT2D eigenvalue weighted by molar-refractivity contribution is 0.172. The summed E-state index contributed by atoms with van der Waals surface area (Å²) in [4.78, 5) is 8.91. The number of hydrogen-bond donors (Lipinski definition) is 1. The molecule has 1 N–H and O–H groups in total. The zero-order chi connectivity index (χ0) is 17.4. The lowest BCUT2D eigenvalue weighted by atomic mass is 10.2. The third kappa shape index (κ3) is 7.49. The third-order valence-corrected chi connectivity index (χ3v) is 5.97. The van der Waals surface area contributed by atoms with Crippen molar-refractivity contribution in [3.05, 3.63) is 35.9 Å². The third-order valence-electron chi connectivity index (χ3n) is 4.27. The average molecular weight is 480 g/mol. The number of guanidine groups is 1. The van der Waals surface area contributed by atoms with E-state index in [1.54, 1.807) is 14.0 Å². The molecule has 0 atom stereocenters. The maximum atomic E-state index is 11.6. The number of sulfone groups is 1. The van der Waals surface area contributed by atoms with Gasteiger partial charge in [0.25, 0.3) is 0 Å². The molecule has 0 amide bonds. The first kappa shape index (κ1) is 22.2. The molecular weight excluding hydrogens is 451 g/mol. The summed E-state index contributed by atoms with van der Waals surface area (Å²) in [6.07, 6.45) is 0. The summed E-state index contributed by atoms with van der Waals surface area (Å²) in [5.74, 6) is 1.13. The highest BCUT2D eigenvalue weighted by Crippen LogP contribution is 2.08. The number of halogens is 1. The molecule has 0 aliphatic carbocycles. The first-order valence-electron chi connectivity index (χ1n) is 8.46. The number of piperazine rings is 1. The van der Waals surface area contributed by atoms with Crippen LogP contribution >= 0.6 is 24.0 Å². The molecule has 1 aliphatic heterocycles. The Morgan fingerprint density at radius 2 is 1.80 bits per heavy atom. The lowest BCUT2D eigenvalue weighted by Gasteiger charge is -2.36. The van der Waals surface area contributed by atoms with Gasteiger partial charge in [-0.05, 0) is 5.56 Å². The fraction of sp³-hybridized carbons (Fsp3) is 0.588. The monoisotopic (exact) mass is 480 g/mol. The van der Waals surface area contributed by atoms with Crippen molar-refractivity contribution in [3.63, 3.8) is 0 Å². The molecule has 0 bridgehead atoms. The van der Waals surface area contributed by atoms with Gasteiger partial charge >= 0.3 is 0 Å². The van der Waals surface area contributed by atoms with E-state index in [2.05, 4.69) is 44.4 Å². The first-order chi connectivity index (χ1) is 11.5. The summed E-state index contributed by atoms with van der Waals surface area (Å²) in [5.41, 5.74) is 1.33. The predicted octanol–water partition coefficient (Wildman–Crippen LogP) is 1.43. The zero-order valence-corrected chi connectivity index (χ0v) is 18.2. The SMILES string of the molecule is CCS(=O)(=O)CCNC(=NC)N1CCN(Cc2ccccc2)CC1.I. The van der Waals surface area contributed by atoms with Gasteiger partial charge in [-0.1, -0.05) is 37.3 Å². The van der Waals surface area contributed by atoms with Crippen molar-refractivity contribution in [1.82, 2.24) is 15.1 Å². The molecule has 2 rings (SSSR count). The highest BCUT2D eigenvalue weighted by molar-refractivity contribution is 14.0. The van der Waals surface area contributed by atoms with Crippen molar-refractivity contribution in [1.29, 1.82) is 0 Å². The standard InChI is InChI=1S/C17H28N4O2S.HI/c1-3-24(22,23)14-9-19-17(18-2)21-12-10-20(11-13-21)15-16-7-5-4-6-8-16;/h4-8H,3,9-15H2,1-2H3,(H,18,19);1H. The van der Waals surface area contributed by atoms with Crippen LogP contribution < -0.4 is 5.32 Å². The van der Waals surface area contributed by atoms with E-state index in [-0.39, 0.29) is 35.5 Å². The van der Waals surface area contributed by atoms with Gasteiger partial charge < -0.3 is 10.2 Å². The molecule has 6 nitrogen and oxygen atoms in total. The molecule has 0 radical (unpaired) electrons. The molecule has 1 fully saturated rings. The molecule has 0 spiro atoms. The molecule has 1 aliphatic rings. The van der Waals surface area contributed by atoms with E-state index in [0.29, 0.717) is 6.54 Å². The van der Waals surface area contributed by atoms with Gasteiger partial charge in [0.2, 0.25) is 0 Å². The number of nitrogens with zero attached hydrogens (tertiary/aromatic N) is 3. The molecule has 0 saturated carbocycles. The van der Waals surface area contributed by atoms with Crippen LogP contribution in [0, 0.1) is 0 Å². The van der Waals surface area contributed by atoms with E-state index in [1.807, 2.05) is 6.07 Å². The second kappa shape index (κ2) is 11.0. The summed E-state index contributed by atoms with van der Waals surface area (Å²) in [6, 6.07) is 10.5. The second-order valence-electron chi connectivity index (χ2n) is 5.96. The minimum Gasteiger partial charge on any atom is -0.355 e. The lowest BCUT2D eigenvalue weighted by Crippen LogP contribution is -2.52. The average Bonchev–Trinajstić information content (AvgIpc) is 2.60. The van der Waals surface area contributed by atoms with Crippen LogP contribution in [-0.4, -0.2) is 75.5 Å². The van der Waals surface area contributed by atoms with Crippen LogP contribution in [0.25, 0.3) is 0 Å². The largest absolute Gasteiger partial charge is 0.355 e. The van der Waals surface area contributed by atoms with Gasteiger partial charge in [0.1, 0.15) is 0 Å². The summed E-state index contributed by atoms with van der Waals surface area (Å²) >= 11 is 0. The van der Waals surface area contributed by atoms with Crippen molar-refractivity contribution in [2.24, 2.45) is 4.99 Å². The molecule has 25 heavy (non-hydrogen) atoms. The number of nitrogens with one attached hydrogen (secondary N) is 1. The summed E-state index contributed by atoms with van der Waals surface area (Å²) in [7, 11) is -1.20. The Labute approximate surface area is 168 Å². The topological polar surface area (TPSA) is 65.0 Å². The van der Waals surface area contributed by atoms with Crippen molar-refractivity contribution in [2.75, 3.05) is 51.3 Å². The van der Waals surface area contributed by atoms with Gasteiger partial charge in [0.05, 0.1) is 5.75 Å². The molecule has 8 heteroatoms. The van der Waals surface area contributed by atoms with Gasteiger partial charge in [-0.15, -0.1) is 24.0 Å². The number of rotatable bonds is 6. The fourth-order valence-electron chi connectivity index (χ4n) is 2.75. The van der Waals surface area contributed by atoms with E-state index in [0.717, 1.165) is 38.7 Å². The summed E-state index contributed by atoms with van der Waals surface area (Å²) in [6.45, 7) is 6.80. The number of aliphatic imine (C=N–C) groups is 1. The van der Waals surface area contributed by atoms with Crippen LogP contribution in [0.2, 0.25) is 0 Å². The quantitative estimate of drug-likeness (QED) is 0.379. The van der Waals surface area contributed by atoms with Crippen molar-refractivity contribution < 1.29 is 8.42 Å². The van der Waals surface area contributed by atoms with Gasteiger partial charge in [0, 0.05) is 52.1 Å². The maximum Gasteiger partial charge on any atom is 0.193 e. The van der Waals surface area contributed by atoms with Crippen molar-refractivity contribution in [3.8, 4) is 0 Å². The van der Waals surface area contributed by atoms with Crippen LogP contribution in [0.15, 0.2) is 35.3 Å². The fourth-order valence-corrected chi connectivity index (χ4v) is 3.46. The van der Waals surface area contributed by atoms with E-state index < -0.39 is 9.84 Å². The van der Waals surface area contributed by atoms with Crippen LogP contribution in [-0.2, 0) is 16.4 Å².